The van der Waals surface area contributed by atoms with Crippen molar-refractivity contribution in [3.63, 3.8) is 0 Å². The summed E-state index contributed by atoms with van der Waals surface area (Å²) in [6, 6.07) is -1.42. The van der Waals surface area contributed by atoms with Crippen molar-refractivity contribution in [1.29, 1.82) is 0 Å². The molecular formula is C18H37N5O3. The lowest BCUT2D eigenvalue weighted by molar-refractivity contribution is -0.155. The predicted molar refractivity (Wildman–Crippen MR) is 105 cm³/mol. The highest BCUT2D eigenvalue weighted by molar-refractivity contribution is 5.89. The van der Waals surface area contributed by atoms with Crippen LogP contribution < -0.4 is 22.5 Å². The van der Waals surface area contributed by atoms with E-state index in [1.165, 1.54) is 0 Å². The molecular weight excluding hydrogens is 334 g/mol. The molecule has 26 heavy (non-hydrogen) atoms. The molecule has 0 aliphatic heterocycles. The number of guanidine groups is 1. The molecule has 3 unspecified atom stereocenters. The fourth-order valence-electron chi connectivity index (χ4n) is 2.44. The van der Waals surface area contributed by atoms with Gasteiger partial charge in [0.2, 0.25) is 0 Å². The second kappa shape index (κ2) is 9.87. The lowest BCUT2D eigenvalue weighted by atomic mass is 9.84. The van der Waals surface area contributed by atoms with Crippen molar-refractivity contribution in [2.45, 2.75) is 85.0 Å². The summed E-state index contributed by atoms with van der Waals surface area (Å²) in [5, 5.41) is 3.15. The summed E-state index contributed by atoms with van der Waals surface area (Å²) in [6.45, 7) is 13.3. The first-order chi connectivity index (χ1) is 11.6. The number of ketones is 1. The van der Waals surface area contributed by atoms with Crippen LogP contribution in [0.4, 0.5) is 0 Å². The van der Waals surface area contributed by atoms with Crippen LogP contribution in [0.5, 0.6) is 0 Å². The van der Waals surface area contributed by atoms with E-state index in [-0.39, 0.29) is 17.3 Å². The summed E-state index contributed by atoms with van der Waals surface area (Å²) >= 11 is 0. The van der Waals surface area contributed by atoms with Gasteiger partial charge < -0.3 is 21.9 Å². The monoisotopic (exact) mass is 371 g/mol. The highest BCUT2D eigenvalue weighted by Gasteiger charge is 2.35. The molecule has 152 valence electrons. The average molecular weight is 372 g/mol. The molecule has 0 amide bonds. The van der Waals surface area contributed by atoms with Gasteiger partial charge in [0.1, 0.15) is 18.2 Å². The number of nitrogens with zero attached hydrogens (tertiary/aromatic N) is 1. The Morgan fingerprint density at radius 2 is 1.65 bits per heavy atom. The van der Waals surface area contributed by atoms with Gasteiger partial charge in [0.25, 0.3) is 0 Å². The predicted octanol–water partition coefficient (Wildman–Crippen LogP) is 0.671. The maximum Gasteiger partial charge on any atom is 0.323 e. The Balaban J connectivity index is 5.10. The molecule has 0 aromatic heterocycles. The Hall–Kier alpha value is -1.67. The van der Waals surface area contributed by atoms with Gasteiger partial charge in [-0.25, -0.2) is 0 Å². The summed E-state index contributed by atoms with van der Waals surface area (Å²) in [6.07, 6.45) is 0.211. The minimum absolute atomic E-state index is 0.00314. The number of hydrogen-bond acceptors (Lipinski definition) is 6. The van der Waals surface area contributed by atoms with E-state index in [1.807, 2.05) is 20.8 Å². The third kappa shape index (κ3) is 9.72. The summed E-state index contributed by atoms with van der Waals surface area (Å²) in [7, 11) is 0. The first kappa shape index (κ1) is 24.3. The van der Waals surface area contributed by atoms with Crippen molar-refractivity contribution >= 4 is 17.7 Å². The SMILES string of the molecule is CC(NC(C)(C)C)C(=O)OC(CCCN=C(N)N)C(N)C(=O)C(C)(C)C. The Bertz CT molecular complexity index is 502. The largest absolute Gasteiger partial charge is 0.459 e. The van der Waals surface area contributed by atoms with E-state index in [2.05, 4.69) is 10.3 Å². The number of nitrogens with two attached hydrogens (primary N) is 3. The van der Waals surface area contributed by atoms with Gasteiger partial charge in [0.05, 0.1) is 0 Å². The number of carbonyl (C=O) groups is 2. The van der Waals surface area contributed by atoms with Gasteiger partial charge in [0, 0.05) is 17.5 Å². The van der Waals surface area contributed by atoms with Crippen LogP contribution in [0.25, 0.3) is 0 Å². The number of hydrogen-bond donors (Lipinski definition) is 4. The molecule has 3 atom stereocenters. The highest BCUT2D eigenvalue weighted by atomic mass is 16.5. The molecule has 8 nitrogen and oxygen atoms in total. The van der Waals surface area contributed by atoms with Gasteiger partial charge in [-0.1, -0.05) is 20.8 Å². The Kier molecular flexibility index (Phi) is 9.24. The molecule has 0 saturated heterocycles. The van der Waals surface area contributed by atoms with Crippen LogP contribution in [0.3, 0.4) is 0 Å². The second-order valence-electron chi connectivity index (χ2n) is 8.68. The van der Waals surface area contributed by atoms with Gasteiger partial charge in [-0.2, -0.15) is 0 Å². The molecule has 8 heteroatoms. The molecule has 0 heterocycles. The third-order valence-electron chi connectivity index (χ3n) is 3.65. The number of esters is 1. The maximum atomic E-state index is 12.5. The standard InChI is InChI=1S/C18H37N5O3/c1-11(23-18(5,6)7)15(25)26-12(9-8-10-22-16(20)21)13(19)14(24)17(2,3)4/h11-13,23H,8-10,19H2,1-7H3,(H4,20,21,22). The second-order valence-corrected chi connectivity index (χ2v) is 8.68. The molecule has 0 bridgehead atoms. The number of Topliss-reactive ketones (excluding diaryl/α,β-unsaturated/α-hetero) is 1. The topological polar surface area (TPSA) is 146 Å². The average Bonchev–Trinajstić information content (AvgIpc) is 2.45. The van der Waals surface area contributed by atoms with E-state index in [0.29, 0.717) is 19.4 Å². The van der Waals surface area contributed by atoms with Gasteiger partial charge in [-0.05, 0) is 40.5 Å². The van der Waals surface area contributed by atoms with Crippen LogP contribution in [0.2, 0.25) is 0 Å². The smallest absolute Gasteiger partial charge is 0.323 e. The Labute approximate surface area is 157 Å². The number of ether oxygens (including phenoxy) is 1. The number of aliphatic imine (C=N–C) groups is 1. The number of carbonyl (C=O) groups excluding carboxylic acids is 2. The maximum absolute atomic E-state index is 12.5. The van der Waals surface area contributed by atoms with Crippen molar-refractivity contribution in [3.05, 3.63) is 0 Å². The molecule has 0 aliphatic rings. The van der Waals surface area contributed by atoms with Crippen LogP contribution in [-0.4, -0.2) is 48.0 Å². The van der Waals surface area contributed by atoms with Crippen molar-refractivity contribution in [2.24, 2.45) is 27.6 Å². The molecule has 0 aromatic rings. The summed E-state index contributed by atoms with van der Waals surface area (Å²) in [5.74, 6) is -0.603. The van der Waals surface area contributed by atoms with Crippen LogP contribution in [0.1, 0.15) is 61.3 Å². The molecule has 0 aliphatic carbocycles. The molecule has 7 N–H and O–H groups in total. The molecule has 0 fully saturated rings. The summed E-state index contributed by atoms with van der Waals surface area (Å²) in [4.78, 5) is 28.9. The Morgan fingerprint density at radius 1 is 1.12 bits per heavy atom. The van der Waals surface area contributed by atoms with Crippen LogP contribution >= 0.6 is 0 Å². The lowest BCUT2D eigenvalue weighted by Crippen LogP contribution is -2.52. The number of rotatable bonds is 9. The van der Waals surface area contributed by atoms with E-state index in [4.69, 9.17) is 21.9 Å². The fourth-order valence-corrected chi connectivity index (χ4v) is 2.44. The van der Waals surface area contributed by atoms with E-state index < -0.39 is 29.6 Å². The van der Waals surface area contributed by atoms with E-state index >= 15 is 0 Å². The van der Waals surface area contributed by atoms with Crippen LogP contribution in [0.15, 0.2) is 4.99 Å². The van der Waals surface area contributed by atoms with Crippen molar-refractivity contribution in [1.82, 2.24) is 5.32 Å². The van der Waals surface area contributed by atoms with Crippen molar-refractivity contribution in [3.8, 4) is 0 Å². The zero-order valence-electron chi connectivity index (χ0n) is 17.3. The van der Waals surface area contributed by atoms with E-state index in [9.17, 15) is 9.59 Å². The zero-order chi connectivity index (χ0) is 20.7. The quantitative estimate of drug-likeness (QED) is 0.202. The summed E-state index contributed by atoms with van der Waals surface area (Å²) < 4.78 is 5.59. The molecule has 0 saturated carbocycles. The zero-order valence-corrected chi connectivity index (χ0v) is 17.3. The van der Waals surface area contributed by atoms with Gasteiger partial charge in [-0.3, -0.25) is 19.9 Å². The highest BCUT2D eigenvalue weighted by Crippen LogP contribution is 2.20. The molecule has 0 rings (SSSR count). The van der Waals surface area contributed by atoms with Gasteiger partial charge >= 0.3 is 5.97 Å². The minimum atomic E-state index is -0.903. The van der Waals surface area contributed by atoms with E-state index in [1.54, 1.807) is 27.7 Å². The Morgan fingerprint density at radius 3 is 2.08 bits per heavy atom. The third-order valence-corrected chi connectivity index (χ3v) is 3.65. The molecule has 0 aromatic carbocycles. The normalized spacial score (nSPS) is 15.7. The summed E-state index contributed by atoms with van der Waals surface area (Å²) in [5.41, 5.74) is 15.9. The lowest BCUT2D eigenvalue weighted by Gasteiger charge is -2.30. The molecule has 0 radical (unpaired) electrons. The first-order valence-corrected chi connectivity index (χ1v) is 8.98. The first-order valence-electron chi connectivity index (χ1n) is 8.98. The minimum Gasteiger partial charge on any atom is -0.459 e. The fraction of sp³-hybridized carbons (Fsp3) is 0.833. The van der Waals surface area contributed by atoms with Crippen LogP contribution in [-0.2, 0) is 14.3 Å². The van der Waals surface area contributed by atoms with Gasteiger partial charge in [0.15, 0.2) is 11.7 Å². The van der Waals surface area contributed by atoms with Crippen molar-refractivity contribution in [2.75, 3.05) is 6.54 Å². The molecule has 0 spiro atoms. The van der Waals surface area contributed by atoms with Crippen LogP contribution in [0, 0.1) is 5.41 Å². The van der Waals surface area contributed by atoms with E-state index in [0.717, 1.165) is 0 Å². The number of nitrogens with one attached hydrogen (secondary N) is 1. The van der Waals surface area contributed by atoms with Crippen molar-refractivity contribution < 1.29 is 14.3 Å². The van der Waals surface area contributed by atoms with Gasteiger partial charge in [-0.15, -0.1) is 0 Å².